The van der Waals surface area contributed by atoms with Crippen molar-refractivity contribution >= 4 is 18.0 Å². The van der Waals surface area contributed by atoms with Crippen molar-refractivity contribution in [3.8, 4) is 5.75 Å². The zero-order chi connectivity index (χ0) is 30.2. The third-order valence-electron chi connectivity index (χ3n) is 7.26. The van der Waals surface area contributed by atoms with Crippen molar-refractivity contribution in [3.63, 3.8) is 0 Å². The summed E-state index contributed by atoms with van der Waals surface area (Å²) in [5.74, 6) is -0.128. The lowest BCUT2D eigenvalue weighted by molar-refractivity contribution is -0.138. The first-order valence-electron chi connectivity index (χ1n) is 16.7. The maximum Gasteiger partial charge on any atom is 0.330 e. The first-order valence-corrected chi connectivity index (χ1v) is 16.7. The number of aliphatic carboxylic acids is 1. The summed E-state index contributed by atoms with van der Waals surface area (Å²) in [4.78, 5) is 21.9. The Kier molecular flexibility index (Phi) is 28.9. The van der Waals surface area contributed by atoms with Crippen molar-refractivity contribution < 1.29 is 24.2 Å². The van der Waals surface area contributed by atoms with Gasteiger partial charge in [0, 0.05) is 12.5 Å². The van der Waals surface area contributed by atoms with Crippen molar-refractivity contribution in [1.82, 2.24) is 0 Å². The second-order valence-electron chi connectivity index (χ2n) is 11.1. The minimum Gasteiger partial charge on any atom is -0.497 e. The number of carbonyl (C=O) groups is 2. The Labute approximate surface area is 252 Å². The highest BCUT2D eigenvalue weighted by molar-refractivity contribution is 5.87. The van der Waals surface area contributed by atoms with Crippen LogP contribution < -0.4 is 4.74 Å². The highest BCUT2D eigenvalue weighted by Gasteiger charge is 1.99. The fourth-order valence-electron chi connectivity index (χ4n) is 4.63. The smallest absolute Gasteiger partial charge is 0.330 e. The van der Waals surface area contributed by atoms with Crippen molar-refractivity contribution in [2.24, 2.45) is 0 Å². The van der Waals surface area contributed by atoms with E-state index in [4.69, 9.17) is 14.6 Å². The van der Waals surface area contributed by atoms with Gasteiger partial charge in [-0.3, -0.25) is 4.79 Å². The van der Waals surface area contributed by atoms with Crippen LogP contribution in [0.3, 0.4) is 0 Å². The Morgan fingerprint density at radius 1 is 0.634 bits per heavy atom. The van der Waals surface area contributed by atoms with E-state index < -0.39 is 5.97 Å². The van der Waals surface area contributed by atoms with Crippen LogP contribution in [0.1, 0.15) is 161 Å². The molecule has 0 saturated heterocycles. The van der Waals surface area contributed by atoms with Crippen molar-refractivity contribution in [2.45, 2.75) is 155 Å². The van der Waals surface area contributed by atoms with Crippen molar-refractivity contribution in [2.75, 3.05) is 13.7 Å². The number of unbranched alkanes of at least 4 members (excludes halogenated alkanes) is 19. The second-order valence-corrected chi connectivity index (χ2v) is 11.1. The monoisotopic (exact) mass is 574 g/mol. The Hall–Kier alpha value is -2.30. The number of esters is 1. The summed E-state index contributed by atoms with van der Waals surface area (Å²) in [5.41, 5.74) is 0.951. The number of carbonyl (C=O) groups excluding carboxylic acids is 1. The molecule has 1 N–H and O–H groups in total. The Balaban J connectivity index is 0.000000782. The second kappa shape index (κ2) is 30.7. The van der Waals surface area contributed by atoms with E-state index in [0.717, 1.165) is 37.0 Å². The van der Waals surface area contributed by atoms with E-state index >= 15 is 0 Å². The fraction of sp³-hybridized carbons (Fsp3) is 0.722. The molecule has 236 valence electrons. The molecule has 1 aromatic carbocycles. The lowest BCUT2D eigenvalue weighted by Crippen LogP contribution is -2.02. The zero-order valence-electron chi connectivity index (χ0n) is 26.8. The van der Waals surface area contributed by atoms with Gasteiger partial charge in [-0.15, -0.1) is 0 Å². The standard InChI is InChI=1S/C18H26O3.C18H36O2/c1-3-4-5-6-7-8-15-21-18(19)14-11-16-9-12-17(20-2)13-10-16;1-2-3-4-5-6-7-8-9-10-11-12-13-14-15-16-17-18(19)20/h9-14H,3-8,15H2,1-2H3;2-17H2,1H3,(H,19,20). The van der Waals surface area contributed by atoms with Gasteiger partial charge in [0.1, 0.15) is 5.75 Å². The summed E-state index contributed by atoms with van der Waals surface area (Å²) >= 11 is 0. The van der Waals surface area contributed by atoms with Crippen LogP contribution in [0, 0.1) is 0 Å². The minimum absolute atomic E-state index is 0.278. The van der Waals surface area contributed by atoms with Crippen LogP contribution in [0.5, 0.6) is 5.75 Å². The van der Waals surface area contributed by atoms with E-state index in [1.807, 2.05) is 24.3 Å². The number of carboxylic acid groups (broad SMARTS) is 1. The first kappa shape index (κ1) is 38.7. The average molecular weight is 575 g/mol. The number of methoxy groups -OCH3 is 1. The van der Waals surface area contributed by atoms with E-state index in [9.17, 15) is 9.59 Å². The van der Waals surface area contributed by atoms with Gasteiger partial charge in [-0.25, -0.2) is 4.79 Å². The maximum absolute atomic E-state index is 11.5. The number of hydrogen-bond donors (Lipinski definition) is 1. The number of hydrogen-bond acceptors (Lipinski definition) is 4. The predicted octanol–water partition coefficient (Wildman–Crippen LogP) is 10.9. The van der Waals surface area contributed by atoms with Gasteiger partial charge >= 0.3 is 11.9 Å². The number of benzene rings is 1. The van der Waals surface area contributed by atoms with Crippen LogP contribution in [0.4, 0.5) is 0 Å². The molecule has 0 saturated carbocycles. The van der Waals surface area contributed by atoms with Crippen LogP contribution in [-0.2, 0) is 14.3 Å². The summed E-state index contributed by atoms with van der Waals surface area (Å²) in [6.07, 6.45) is 30.6. The van der Waals surface area contributed by atoms with E-state index in [2.05, 4.69) is 13.8 Å². The van der Waals surface area contributed by atoms with Gasteiger partial charge in [0.15, 0.2) is 0 Å². The normalized spacial score (nSPS) is 10.8. The number of ether oxygens (including phenoxy) is 2. The molecule has 0 unspecified atom stereocenters. The predicted molar refractivity (Wildman–Crippen MR) is 174 cm³/mol. The molecule has 5 heteroatoms. The molecule has 0 aliphatic rings. The molecule has 0 heterocycles. The highest BCUT2D eigenvalue weighted by Crippen LogP contribution is 2.14. The summed E-state index contributed by atoms with van der Waals surface area (Å²) in [7, 11) is 1.63. The molecule has 0 bridgehead atoms. The molecule has 0 spiro atoms. The molecule has 1 rings (SSSR count). The molecule has 5 nitrogen and oxygen atoms in total. The van der Waals surface area contributed by atoms with Crippen molar-refractivity contribution in [1.29, 1.82) is 0 Å². The molecule has 0 amide bonds. The zero-order valence-corrected chi connectivity index (χ0v) is 26.8. The number of carboxylic acids is 1. The maximum atomic E-state index is 11.5. The summed E-state index contributed by atoms with van der Waals surface area (Å²) < 4.78 is 10.2. The lowest BCUT2D eigenvalue weighted by atomic mass is 10.0. The van der Waals surface area contributed by atoms with E-state index in [-0.39, 0.29) is 5.97 Å². The third kappa shape index (κ3) is 29.0. The van der Waals surface area contributed by atoms with Crippen molar-refractivity contribution in [3.05, 3.63) is 35.9 Å². The molecule has 41 heavy (non-hydrogen) atoms. The van der Waals surface area contributed by atoms with Gasteiger partial charge in [0.25, 0.3) is 0 Å². The minimum atomic E-state index is -0.653. The molecule has 1 aromatic rings. The molecule has 0 aliphatic heterocycles. The Morgan fingerprint density at radius 3 is 1.46 bits per heavy atom. The lowest BCUT2D eigenvalue weighted by Gasteiger charge is -2.03. The summed E-state index contributed by atoms with van der Waals surface area (Å²) in [5, 5.41) is 8.52. The molecule has 0 aliphatic carbocycles. The van der Waals surface area contributed by atoms with Crippen LogP contribution in [0.15, 0.2) is 30.3 Å². The molecule has 0 radical (unpaired) electrons. The van der Waals surface area contributed by atoms with E-state index in [1.54, 1.807) is 13.2 Å². The number of rotatable bonds is 26. The van der Waals surface area contributed by atoms with Crippen LogP contribution in [0.25, 0.3) is 6.08 Å². The fourth-order valence-corrected chi connectivity index (χ4v) is 4.63. The van der Waals surface area contributed by atoms with Gasteiger partial charge in [-0.1, -0.05) is 148 Å². The molecule has 0 fully saturated rings. The van der Waals surface area contributed by atoms with Crippen LogP contribution >= 0.6 is 0 Å². The molecular weight excluding hydrogens is 512 g/mol. The average Bonchev–Trinajstić information content (AvgIpc) is 2.98. The first-order chi connectivity index (χ1) is 20.0. The SMILES string of the molecule is CCCCCCCCCCCCCCCCCC(=O)O.CCCCCCCCOC(=O)C=Cc1ccc(OC)cc1. The van der Waals surface area contributed by atoms with Gasteiger partial charge in [0.05, 0.1) is 13.7 Å². The van der Waals surface area contributed by atoms with Gasteiger partial charge < -0.3 is 14.6 Å². The Morgan fingerprint density at radius 2 is 1.05 bits per heavy atom. The summed E-state index contributed by atoms with van der Waals surface area (Å²) in [6.45, 7) is 4.99. The third-order valence-corrected chi connectivity index (χ3v) is 7.26. The Bertz CT molecular complexity index is 741. The van der Waals surface area contributed by atoms with E-state index in [1.165, 1.54) is 115 Å². The molecule has 0 aromatic heterocycles. The van der Waals surface area contributed by atoms with Gasteiger partial charge in [-0.2, -0.15) is 0 Å². The van der Waals surface area contributed by atoms with Crippen LogP contribution in [0.2, 0.25) is 0 Å². The largest absolute Gasteiger partial charge is 0.497 e. The molecule has 0 atom stereocenters. The molecular formula is C36H62O5. The quantitative estimate of drug-likeness (QED) is 0.0676. The van der Waals surface area contributed by atoms with Gasteiger partial charge in [-0.05, 0) is 36.6 Å². The topological polar surface area (TPSA) is 72.8 Å². The highest BCUT2D eigenvalue weighted by atomic mass is 16.5. The summed E-state index contributed by atoms with van der Waals surface area (Å²) in [6, 6.07) is 7.52. The van der Waals surface area contributed by atoms with Crippen LogP contribution in [-0.4, -0.2) is 30.8 Å². The van der Waals surface area contributed by atoms with E-state index in [0.29, 0.717) is 13.0 Å². The van der Waals surface area contributed by atoms with Gasteiger partial charge in [0.2, 0.25) is 0 Å².